The standard InChI is InChI=1S/C15H19N3O3/c1-3-5-18-14(19)12(8-16)11(2)13(15(18)20)9-17-6-4-7-21-10-17/h3,20H,1,4-7,9-10H2,2H3. The zero-order valence-corrected chi connectivity index (χ0v) is 12.1. The fourth-order valence-corrected chi connectivity index (χ4v) is 2.49. The molecule has 2 heterocycles. The van der Waals surface area contributed by atoms with Crippen molar-refractivity contribution in [2.24, 2.45) is 0 Å². The second kappa shape index (κ2) is 6.57. The molecule has 1 fully saturated rings. The van der Waals surface area contributed by atoms with Gasteiger partial charge in [0.2, 0.25) is 0 Å². The van der Waals surface area contributed by atoms with Crippen molar-refractivity contribution in [3.8, 4) is 11.9 Å². The number of nitrogens with zero attached hydrogens (tertiary/aromatic N) is 3. The maximum atomic E-state index is 12.2. The van der Waals surface area contributed by atoms with Gasteiger partial charge in [0.15, 0.2) is 5.88 Å². The number of allylic oxidation sites excluding steroid dienone is 1. The van der Waals surface area contributed by atoms with Crippen LogP contribution in [0.15, 0.2) is 17.4 Å². The van der Waals surface area contributed by atoms with Gasteiger partial charge in [-0.3, -0.25) is 14.3 Å². The van der Waals surface area contributed by atoms with E-state index in [0.717, 1.165) is 19.6 Å². The molecule has 0 amide bonds. The zero-order chi connectivity index (χ0) is 15.4. The van der Waals surface area contributed by atoms with Crippen molar-refractivity contribution in [1.29, 1.82) is 5.26 Å². The number of nitriles is 1. The molecule has 1 saturated heterocycles. The van der Waals surface area contributed by atoms with Gasteiger partial charge >= 0.3 is 0 Å². The molecule has 1 aliphatic rings. The Bertz CT molecular complexity index is 637. The van der Waals surface area contributed by atoms with E-state index in [0.29, 0.717) is 24.4 Å². The molecule has 1 aromatic heterocycles. The molecule has 1 aromatic rings. The van der Waals surface area contributed by atoms with E-state index in [2.05, 4.69) is 6.58 Å². The maximum Gasteiger partial charge on any atom is 0.271 e. The van der Waals surface area contributed by atoms with Gasteiger partial charge in [-0.2, -0.15) is 5.26 Å². The first-order chi connectivity index (χ1) is 10.1. The highest BCUT2D eigenvalue weighted by Gasteiger charge is 2.21. The largest absolute Gasteiger partial charge is 0.494 e. The summed E-state index contributed by atoms with van der Waals surface area (Å²) >= 11 is 0. The summed E-state index contributed by atoms with van der Waals surface area (Å²) in [6.45, 7) is 7.97. The SMILES string of the molecule is C=CCn1c(O)c(CN2CCCOC2)c(C)c(C#N)c1=O. The van der Waals surface area contributed by atoms with Gasteiger partial charge in [0.1, 0.15) is 11.6 Å². The van der Waals surface area contributed by atoms with Crippen molar-refractivity contribution in [3.05, 3.63) is 39.7 Å². The highest BCUT2D eigenvalue weighted by Crippen LogP contribution is 2.24. The van der Waals surface area contributed by atoms with E-state index in [1.54, 1.807) is 6.92 Å². The van der Waals surface area contributed by atoms with Crippen molar-refractivity contribution in [3.63, 3.8) is 0 Å². The summed E-state index contributed by atoms with van der Waals surface area (Å²) in [5.74, 6) is -0.0954. The quantitative estimate of drug-likeness (QED) is 0.840. The average Bonchev–Trinajstić information content (AvgIpc) is 2.50. The van der Waals surface area contributed by atoms with E-state index in [1.165, 1.54) is 10.6 Å². The Morgan fingerprint density at radius 3 is 2.90 bits per heavy atom. The number of ether oxygens (including phenoxy) is 1. The van der Waals surface area contributed by atoms with Crippen LogP contribution in [0.5, 0.6) is 5.88 Å². The molecule has 1 aliphatic heterocycles. The third kappa shape index (κ3) is 2.99. The van der Waals surface area contributed by atoms with Crippen LogP contribution >= 0.6 is 0 Å². The van der Waals surface area contributed by atoms with Gasteiger partial charge in [0.25, 0.3) is 5.56 Å². The lowest BCUT2D eigenvalue weighted by molar-refractivity contribution is -0.0181. The van der Waals surface area contributed by atoms with E-state index in [-0.39, 0.29) is 18.0 Å². The van der Waals surface area contributed by atoms with Crippen molar-refractivity contribution in [2.75, 3.05) is 19.9 Å². The van der Waals surface area contributed by atoms with Crippen LogP contribution in [0.3, 0.4) is 0 Å². The molecular weight excluding hydrogens is 270 g/mol. The van der Waals surface area contributed by atoms with Gasteiger partial charge in [-0.25, -0.2) is 0 Å². The summed E-state index contributed by atoms with van der Waals surface area (Å²) in [6, 6.07) is 1.94. The van der Waals surface area contributed by atoms with Crippen LogP contribution in [0, 0.1) is 18.3 Å². The van der Waals surface area contributed by atoms with Crippen molar-refractivity contribution < 1.29 is 9.84 Å². The van der Waals surface area contributed by atoms with Crippen LogP contribution in [0.4, 0.5) is 0 Å². The minimum absolute atomic E-state index is 0.0718. The minimum Gasteiger partial charge on any atom is -0.494 e. The first-order valence-corrected chi connectivity index (χ1v) is 6.86. The van der Waals surface area contributed by atoms with Gasteiger partial charge in [-0.15, -0.1) is 6.58 Å². The molecule has 0 bridgehead atoms. The number of pyridine rings is 1. The Morgan fingerprint density at radius 1 is 1.57 bits per heavy atom. The van der Waals surface area contributed by atoms with Gasteiger partial charge in [0.05, 0.1) is 6.73 Å². The van der Waals surface area contributed by atoms with E-state index in [9.17, 15) is 15.2 Å². The van der Waals surface area contributed by atoms with E-state index >= 15 is 0 Å². The normalized spacial score (nSPS) is 15.6. The molecule has 0 saturated carbocycles. The third-order valence-electron chi connectivity index (χ3n) is 3.65. The molecule has 0 unspecified atom stereocenters. The number of hydrogen-bond acceptors (Lipinski definition) is 5. The molecule has 6 heteroatoms. The van der Waals surface area contributed by atoms with Crippen LogP contribution in [0.25, 0.3) is 0 Å². The van der Waals surface area contributed by atoms with Crippen LogP contribution in [-0.2, 0) is 17.8 Å². The number of rotatable bonds is 4. The number of hydrogen-bond donors (Lipinski definition) is 1. The predicted molar refractivity (Wildman–Crippen MR) is 77.9 cm³/mol. The molecule has 1 N–H and O–H groups in total. The number of aromatic hydroxyl groups is 1. The molecule has 112 valence electrons. The van der Waals surface area contributed by atoms with E-state index in [1.807, 2.05) is 11.0 Å². The Kier molecular flexibility index (Phi) is 4.78. The molecular formula is C15H19N3O3. The van der Waals surface area contributed by atoms with Gasteiger partial charge in [-0.1, -0.05) is 6.08 Å². The highest BCUT2D eigenvalue weighted by molar-refractivity contribution is 5.45. The Morgan fingerprint density at radius 2 is 2.33 bits per heavy atom. The van der Waals surface area contributed by atoms with Crippen LogP contribution in [0.2, 0.25) is 0 Å². The molecule has 0 atom stereocenters. The molecule has 6 nitrogen and oxygen atoms in total. The van der Waals surface area contributed by atoms with Crippen LogP contribution in [0.1, 0.15) is 23.1 Å². The van der Waals surface area contributed by atoms with Crippen molar-refractivity contribution in [1.82, 2.24) is 9.47 Å². The second-order valence-electron chi connectivity index (χ2n) is 5.06. The van der Waals surface area contributed by atoms with Gasteiger partial charge in [-0.05, 0) is 18.9 Å². The van der Waals surface area contributed by atoms with E-state index in [4.69, 9.17) is 4.74 Å². The lowest BCUT2D eigenvalue weighted by Crippen LogP contribution is -2.34. The van der Waals surface area contributed by atoms with Crippen molar-refractivity contribution in [2.45, 2.75) is 26.4 Å². The van der Waals surface area contributed by atoms with Crippen LogP contribution < -0.4 is 5.56 Å². The second-order valence-corrected chi connectivity index (χ2v) is 5.06. The Labute approximate surface area is 123 Å². The van der Waals surface area contributed by atoms with E-state index < -0.39 is 5.56 Å². The summed E-state index contributed by atoms with van der Waals surface area (Å²) in [5.41, 5.74) is 0.720. The lowest BCUT2D eigenvalue weighted by Gasteiger charge is -2.27. The summed E-state index contributed by atoms with van der Waals surface area (Å²) in [6.07, 6.45) is 2.45. The Balaban J connectivity index is 2.48. The smallest absolute Gasteiger partial charge is 0.271 e. The molecule has 0 radical (unpaired) electrons. The molecule has 0 aliphatic carbocycles. The molecule has 0 spiro atoms. The fraction of sp³-hybridized carbons (Fsp3) is 0.467. The Hall–Kier alpha value is -2.10. The monoisotopic (exact) mass is 289 g/mol. The maximum absolute atomic E-state index is 12.2. The third-order valence-corrected chi connectivity index (χ3v) is 3.65. The molecule has 21 heavy (non-hydrogen) atoms. The molecule has 0 aromatic carbocycles. The molecule has 2 rings (SSSR count). The number of aromatic nitrogens is 1. The zero-order valence-electron chi connectivity index (χ0n) is 12.1. The van der Waals surface area contributed by atoms with Crippen LogP contribution in [-0.4, -0.2) is 34.5 Å². The summed E-state index contributed by atoms with van der Waals surface area (Å²) in [4.78, 5) is 14.2. The lowest BCUT2D eigenvalue weighted by atomic mass is 10.0. The topological polar surface area (TPSA) is 78.5 Å². The van der Waals surface area contributed by atoms with Gasteiger partial charge in [0, 0.05) is 31.8 Å². The fourth-order valence-electron chi connectivity index (χ4n) is 2.49. The predicted octanol–water partition coefficient (Wildman–Crippen LogP) is 1.10. The minimum atomic E-state index is -0.481. The van der Waals surface area contributed by atoms with Crippen molar-refractivity contribution >= 4 is 0 Å². The first-order valence-electron chi connectivity index (χ1n) is 6.86. The summed E-state index contributed by atoms with van der Waals surface area (Å²) in [7, 11) is 0. The van der Waals surface area contributed by atoms with Gasteiger partial charge < -0.3 is 9.84 Å². The first kappa shape index (κ1) is 15.3. The summed E-state index contributed by atoms with van der Waals surface area (Å²) < 4.78 is 6.57. The summed E-state index contributed by atoms with van der Waals surface area (Å²) in [5, 5.41) is 19.6. The highest BCUT2D eigenvalue weighted by atomic mass is 16.5. The average molecular weight is 289 g/mol.